The van der Waals surface area contributed by atoms with E-state index in [9.17, 15) is 28.3 Å². The molecule has 0 spiro atoms. The van der Waals surface area contributed by atoms with E-state index >= 15 is 0 Å². The summed E-state index contributed by atoms with van der Waals surface area (Å²) in [5, 5.41) is 9.61. The summed E-state index contributed by atoms with van der Waals surface area (Å²) in [6.07, 6.45) is -3.24. The zero-order valence-electron chi connectivity index (χ0n) is 11.3. The first-order valence-corrected chi connectivity index (χ1v) is 5.98. The summed E-state index contributed by atoms with van der Waals surface area (Å²) in [5.41, 5.74) is -1.86. The summed E-state index contributed by atoms with van der Waals surface area (Å²) in [5.74, 6) is -9.59. The summed E-state index contributed by atoms with van der Waals surface area (Å²) in [6, 6.07) is 0. The quantitative estimate of drug-likeness (QED) is 0.572. The number of alkyl halides is 2. The zero-order valence-corrected chi connectivity index (χ0v) is 11.3. The first-order chi connectivity index (χ1) is 9.12. The van der Waals surface area contributed by atoms with E-state index < -0.39 is 47.5 Å². The predicted molar refractivity (Wildman–Crippen MR) is 61.1 cm³/mol. The van der Waals surface area contributed by atoms with Crippen LogP contribution in [0.25, 0.3) is 0 Å². The maximum Gasteiger partial charge on any atom is 0.379 e. The number of hydrogen-bond acceptors (Lipinski definition) is 6. The van der Waals surface area contributed by atoms with E-state index in [1.54, 1.807) is 0 Å². The van der Waals surface area contributed by atoms with Gasteiger partial charge in [-0.1, -0.05) is 0 Å². The third-order valence-electron chi connectivity index (χ3n) is 3.45. The fourth-order valence-electron chi connectivity index (χ4n) is 2.05. The van der Waals surface area contributed by atoms with Gasteiger partial charge < -0.3 is 14.6 Å². The van der Waals surface area contributed by atoms with E-state index in [0.29, 0.717) is 0 Å². The van der Waals surface area contributed by atoms with Crippen LogP contribution in [0.3, 0.4) is 0 Å². The molecule has 0 saturated heterocycles. The average Bonchev–Trinajstić information content (AvgIpc) is 2.63. The number of aliphatic hydroxyl groups excluding tert-OH is 1. The second kappa shape index (κ2) is 5.53. The third kappa shape index (κ3) is 2.45. The smallest absolute Gasteiger partial charge is 0.379 e. The van der Waals surface area contributed by atoms with Crippen LogP contribution in [-0.4, -0.2) is 54.0 Å². The number of carbonyl (C=O) groups is 3. The second-order valence-corrected chi connectivity index (χ2v) is 4.62. The molecule has 0 amide bonds. The van der Waals surface area contributed by atoms with Crippen LogP contribution in [-0.2, 0) is 23.9 Å². The molecule has 1 aliphatic carbocycles. The Kier molecular flexibility index (Phi) is 4.60. The maximum atomic E-state index is 13.7. The molecule has 3 atom stereocenters. The lowest BCUT2D eigenvalue weighted by atomic mass is 9.92. The van der Waals surface area contributed by atoms with Gasteiger partial charge in [0.1, 0.15) is 6.10 Å². The van der Waals surface area contributed by atoms with Gasteiger partial charge in [-0.2, -0.15) is 8.78 Å². The van der Waals surface area contributed by atoms with Crippen LogP contribution in [0, 0.1) is 5.92 Å². The van der Waals surface area contributed by atoms with Crippen LogP contribution >= 0.6 is 0 Å². The highest BCUT2D eigenvalue weighted by Crippen LogP contribution is 2.37. The van der Waals surface area contributed by atoms with Gasteiger partial charge in [0, 0.05) is 13.5 Å². The van der Waals surface area contributed by atoms with Crippen LogP contribution in [0.5, 0.6) is 0 Å². The largest absolute Gasteiger partial charge is 0.461 e. The molecule has 1 unspecified atom stereocenters. The molecule has 0 aromatic heterocycles. The van der Waals surface area contributed by atoms with Crippen LogP contribution in [0.1, 0.15) is 20.3 Å². The summed E-state index contributed by atoms with van der Waals surface area (Å²) in [6.45, 7) is 2.17. The van der Waals surface area contributed by atoms with Crippen LogP contribution in [0.4, 0.5) is 8.78 Å². The molecule has 0 heterocycles. The Hall–Kier alpha value is -1.41. The van der Waals surface area contributed by atoms with E-state index in [1.807, 2.05) is 0 Å². The number of aliphatic hydroxyl groups is 1. The van der Waals surface area contributed by atoms with Gasteiger partial charge in [-0.05, 0) is 13.8 Å². The SMILES string of the molecule is CCOC(=O)C(F)(F)[C@H](O)[C@@H]1CC(=O)C(C)(OC)C1=O. The summed E-state index contributed by atoms with van der Waals surface area (Å²) >= 11 is 0. The van der Waals surface area contributed by atoms with Crippen molar-refractivity contribution in [1.29, 1.82) is 0 Å². The highest BCUT2D eigenvalue weighted by Gasteiger charge is 2.61. The van der Waals surface area contributed by atoms with E-state index in [4.69, 9.17) is 4.74 Å². The minimum atomic E-state index is -4.27. The monoisotopic (exact) mass is 294 g/mol. The molecule has 114 valence electrons. The van der Waals surface area contributed by atoms with Gasteiger partial charge in [-0.15, -0.1) is 0 Å². The minimum Gasteiger partial charge on any atom is -0.461 e. The van der Waals surface area contributed by atoms with Crippen molar-refractivity contribution in [2.24, 2.45) is 5.92 Å². The number of carbonyl (C=O) groups excluding carboxylic acids is 3. The van der Waals surface area contributed by atoms with Crippen LogP contribution in [0.15, 0.2) is 0 Å². The van der Waals surface area contributed by atoms with Crippen molar-refractivity contribution in [3.05, 3.63) is 0 Å². The van der Waals surface area contributed by atoms with E-state index in [1.165, 1.54) is 6.92 Å². The molecule has 8 heteroatoms. The van der Waals surface area contributed by atoms with Crippen molar-refractivity contribution < 1.29 is 37.7 Å². The molecule has 0 aliphatic heterocycles. The topological polar surface area (TPSA) is 89.9 Å². The molecule has 1 N–H and O–H groups in total. The highest BCUT2D eigenvalue weighted by atomic mass is 19.3. The summed E-state index contributed by atoms with van der Waals surface area (Å²) in [7, 11) is 1.09. The number of Topliss-reactive ketones (excluding diaryl/α,β-unsaturated/α-hetero) is 2. The minimum absolute atomic E-state index is 0.297. The third-order valence-corrected chi connectivity index (χ3v) is 3.45. The normalized spacial score (nSPS) is 28.6. The molecule has 0 radical (unpaired) electrons. The molecular weight excluding hydrogens is 278 g/mol. The first-order valence-electron chi connectivity index (χ1n) is 5.98. The van der Waals surface area contributed by atoms with Crippen molar-refractivity contribution in [1.82, 2.24) is 0 Å². The number of hydrogen-bond donors (Lipinski definition) is 1. The maximum absolute atomic E-state index is 13.7. The Morgan fingerprint density at radius 3 is 2.50 bits per heavy atom. The first kappa shape index (κ1) is 16.6. The van der Waals surface area contributed by atoms with Crippen LogP contribution < -0.4 is 0 Å². The number of ketones is 2. The van der Waals surface area contributed by atoms with E-state index in [-0.39, 0.29) is 6.61 Å². The van der Waals surface area contributed by atoms with Gasteiger partial charge >= 0.3 is 11.9 Å². The number of ether oxygens (including phenoxy) is 2. The van der Waals surface area contributed by atoms with Crippen molar-refractivity contribution in [2.45, 2.75) is 37.9 Å². The number of rotatable bonds is 5. The lowest BCUT2D eigenvalue weighted by Gasteiger charge is -2.25. The average molecular weight is 294 g/mol. The van der Waals surface area contributed by atoms with Crippen molar-refractivity contribution >= 4 is 17.5 Å². The van der Waals surface area contributed by atoms with Crippen LogP contribution in [0.2, 0.25) is 0 Å². The van der Waals surface area contributed by atoms with Crippen molar-refractivity contribution in [3.63, 3.8) is 0 Å². The number of halogens is 2. The lowest BCUT2D eigenvalue weighted by molar-refractivity contribution is -0.194. The molecular formula is C12H16F2O6. The lowest BCUT2D eigenvalue weighted by Crippen LogP contribution is -2.50. The Balaban J connectivity index is 2.99. The summed E-state index contributed by atoms with van der Waals surface area (Å²) < 4.78 is 36.3. The van der Waals surface area contributed by atoms with Gasteiger partial charge in [0.2, 0.25) is 0 Å². The molecule has 1 rings (SSSR count). The van der Waals surface area contributed by atoms with Gasteiger partial charge in [-0.25, -0.2) is 4.79 Å². The Labute approximate surface area is 114 Å². The number of methoxy groups -OCH3 is 1. The van der Waals surface area contributed by atoms with E-state index in [2.05, 4.69) is 4.74 Å². The molecule has 1 aliphatic rings. The van der Waals surface area contributed by atoms with Gasteiger partial charge in [0.15, 0.2) is 17.2 Å². The van der Waals surface area contributed by atoms with Gasteiger partial charge in [0.05, 0.1) is 12.5 Å². The Morgan fingerprint density at radius 2 is 2.10 bits per heavy atom. The molecule has 1 saturated carbocycles. The Bertz CT molecular complexity index is 436. The predicted octanol–water partition coefficient (Wildman–Crippen LogP) is 0.109. The van der Waals surface area contributed by atoms with Gasteiger partial charge in [0.25, 0.3) is 0 Å². The highest BCUT2D eigenvalue weighted by molar-refractivity contribution is 6.17. The molecule has 1 fully saturated rings. The molecule has 6 nitrogen and oxygen atoms in total. The Morgan fingerprint density at radius 1 is 1.55 bits per heavy atom. The molecule has 0 aromatic carbocycles. The fraction of sp³-hybridized carbons (Fsp3) is 0.750. The number of esters is 1. The van der Waals surface area contributed by atoms with Gasteiger partial charge in [-0.3, -0.25) is 9.59 Å². The second-order valence-electron chi connectivity index (χ2n) is 4.62. The molecule has 20 heavy (non-hydrogen) atoms. The van der Waals surface area contributed by atoms with Crippen molar-refractivity contribution in [3.8, 4) is 0 Å². The molecule has 0 bridgehead atoms. The zero-order chi connectivity index (χ0) is 15.7. The molecule has 0 aromatic rings. The van der Waals surface area contributed by atoms with E-state index in [0.717, 1.165) is 14.0 Å². The standard InChI is InChI=1S/C12H16F2O6/c1-4-20-10(18)12(13,14)9(17)6-5-7(15)11(2,19-3)8(6)16/h6,9,17H,4-5H2,1-3H3/t6-,9-,11?/m1/s1. The van der Waals surface area contributed by atoms with Crippen molar-refractivity contribution in [2.75, 3.05) is 13.7 Å². The fourth-order valence-corrected chi connectivity index (χ4v) is 2.05. The summed E-state index contributed by atoms with van der Waals surface area (Å²) in [4.78, 5) is 34.7.